The van der Waals surface area contributed by atoms with Crippen molar-refractivity contribution in [1.82, 2.24) is 4.98 Å². The van der Waals surface area contributed by atoms with Crippen molar-refractivity contribution >= 4 is 22.6 Å². The zero-order chi connectivity index (χ0) is 17.1. The fourth-order valence-corrected chi connectivity index (χ4v) is 4.47. The number of hydroxylamine groups is 3. The van der Waals surface area contributed by atoms with Crippen LogP contribution in [0.25, 0.3) is 10.8 Å². The standard InChI is InChI=1S/C18H19FN4O2/c19-15-3-1-2-12-8-16(20-9-14(12)15)22-17-21-10-18(25-17)11-23(24)6-4-13(18)5-7-23/h1-3,8-9,13H,4-7,10-11H2,(H,20,21,22)/t13?,18-,23?/m0/s1. The van der Waals surface area contributed by atoms with Gasteiger partial charge in [-0.2, -0.15) is 0 Å². The van der Waals surface area contributed by atoms with Crippen molar-refractivity contribution in [2.45, 2.75) is 18.4 Å². The molecule has 0 radical (unpaired) electrons. The molecule has 7 heteroatoms. The highest BCUT2D eigenvalue weighted by molar-refractivity contribution is 5.92. The Bertz CT molecular complexity index is 879. The van der Waals surface area contributed by atoms with Crippen LogP contribution in [0.15, 0.2) is 35.5 Å². The number of nitrogens with zero attached hydrogens (tertiary/aromatic N) is 3. The van der Waals surface area contributed by atoms with E-state index in [0.29, 0.717) is 49.3 Å². The summed E-state index contributed by atoms with van der Waals surface area (Å²) in [6.45, 7) is 2.37. The van der Waals surface area contributed by atoms with Gasteiger partial charge >= 0.3 is 0 Å². The average molecular weight is 342 g/mol. The summed E-state index contributed by atoms with van der Waals surface area (Å²) in [6.07, 6.45) is 3.31. The molecule has 2 bridgehead atoms. The van der Waals surface area contributed by atoms with Gasteiger partial charge in [-0.15, -0.1) is 0 Å². The summed E-state index contributed by atoms with van der Waals surface area (Å²) in [5.41, 5.74) is -0.469. The van der Waals surface area contributed by atoms with E-state index in [1.54, 1.807) is 12.1 Å². The van der Waals surface area contributed by atoms with Crippen LogP contribution < -0.4 is 5.32 Å². The van der Waals surface area contributed by atoms with Crippen LogP contribution in [0.2, 0.25) is 0 Å². The summed E-state index contributed by atoms with van der Waals surface area (Å²) < 4.78 is 19.7. The van der Waals surface area contributed by atoms with Gasteiger partial charge in [0.15, 0.2) is 5.60 Å². The number of ether oxygens (including phenoxy) is 1. The summed E-state index contributed by atoms with van der Waals surface area (Å²) in [5.74, 6) is 0.658. The quantitative estimate of drug-likeness (QED) is 0.639. The van der Waals surface area contributed by atoms with E-state index in [-0.39, 0.29) is 10.5 Å². The molecule has 2 aromatic rings. The molecule has 0 amide bonds. The molecule has 130 valence electrons. The van der Waals surface area contributed by atoms with E-state index in [9.17, 15) is 9.60 Å². The Kier molecular flexibility index (Phi) is 3.08. The number of halogens is 1. The first-order valence-corrected chi connectivity index (χ1v) is 8.67. The number of piperidine rings is 3. The number of hydrogen-bond acceptors (Lipinski definition) is 5. The number of aliphatic imine (C=N–C) groups is 1. The molecule has 3 saturated heterocycles. The van der Waals surface area contributed by atoms with Crippen LogP contribution in [0.4, 0.5) is 10.2 Å². The lowest BCUT2D eigenvalue weighted by Crippen LogP contribution is -2.67. The van der Waals surface area contributed by atoms with E-state index in [1.165, 1.54) is 12.3 Å². The molecule has 6 nitrogen and oxygen atoms in total. The fourth-order valence-electron chi connectivity index (χ4n) is 4.47. The number of fused-ring (bicyclic) bond motifs is 3. The molecule has 0 unspecified atom stereocenters. The minimum Gasteiger partial charge on any atom is -0.633 e. The zero-order valence-electron chi connectivity index (χ0n) is 13.7. The molecule has 1 aromatic carbocycles. The molecule has 1 N–H and O–H groups in total. The van der Waals surface area contributed by atoms with E-state index in [4.69, 9.17) is 4.74 Å². The third kappa shape index (κ3) is 2.38. The predicted octanol–water partition coefficient (Wildman–Crippen LogP) is 2.65. The molecule has 1 atom stereocenters. The Morgan fingerprint density at radius 2 is 2.16 bits per heavy atom. The van der Waals surface area contributed by atoms with Crippen molar-refractivity contribution in [3.05, 3.63) is 41.5 Å². The van der Waals surface area contributed by atoms with Crippen LogP contribution in [-0.2, 0) is 4.74 Å². The largest absolute Gasteiger partial charge is 0.633 e. The van der Waals surface area contributed by atoms with Crippen molar-refractivity contribution in [3.63, 3.8) is 0 Å². The summed E-state index contributed by atoms with van der Waals surface area (Å²) in [7, 11) is 0. The predicted molar refractivity (Wildman–Crippen MR) is 92.4 cm³/mol. The molecule has 1 aromatic heterocycles. The van der Waals surface area contributed by atoms with E-state index >= 15 is 0 Å². The van der Waals surface area contributed by atoms with Crippen LogP contribution in [-0.4, -0.2) is 47.4 Å². The van der Waals surface area contributed by atoms with Gasteiger partial charge in [0.25, 0.3) is 6.02 Å². The van der Waals surface area contributed by atoms with Gasteiger partial charge in [-0.1, -0.05) is 12.1 Å². The maximum absolute atomic E-state index is 13.7. The highest BCUT2D eigenvalue weighted by Crippen LogP contribution is 2.44. The van der Waals surface area contributed by atoms with Gasteiger partial charge < -0.3 is 14.6 Å². The van der Waals surface area contributed by atoms with Crippen LogP contribution in [0.3, 0.4) is 0 Å². The van der Waals surface area contributed by atoms with Gasteiger partial charge in [-0.05, 0) is 17.5 Å². The second-order valence-electron chi connectivity index (χ2n) is 7.38. The van der Waals surface area contributed by atoms with Crippen molar-refractivity contribution < 1.29 is 13.8 Å². The molecule has 0 aliphatic carbocycles. The van der Waals surface area contributed by atoms with E-state index in [0.717, 1.165) is 18.2 Å². The Labute approximate surface area is 144 Å². The average Bonchev–Trinajstić information content (AvgIpc) is 2.97. The lowest BCUT2D eigenvalue weighted by Gasteiger charge is -2.58. The molecule has 4 aliphatic heterocycles. The van der Waals surface area contributed by atoms with Crippen molar-refractivity contribution in [1.29, 1.82) is 0 Å². The summed E-state index contributed by atoms with van der Waals surface area (Å²) in [6, 6.07) is 7.10. The number of anilines is 1. The van der Waals surface area contributed by atoms with Gasteiger partial charge in [-0.3, -0.25) is 5.32 Å². The van der Waals surface area contributed by atoms with Gasteiger partial charge in [0.05, 0.1) is 19.6 Å². The smallest absolute Gasteiger partial charge is 0.291 e. The number of amidine groups is 1. The highest BCUT2D eigenvalue weighted by Gasteiger charge is 2.56. The molecule has 0 saturated carbocycles. The SMILES string of the molecule is [O-][N+]12CCC(CC1)[C@]1(CN=C(Nc3cc4cccc(F)c4cn3)O1)C2. The van der Waals surface area contributed by atoms with Crippen LogP contribution in [0.1, 0.15) is 12.8 Å². The molecule has 4 aliphatic rings. The second-order valence-corrected chi connectivity index (χ2v) is 7.38. The van der Waals surface area contributed by atoms with Gasteiger partial charge in [0.2, 0.25) is 0 Å². The first-order valence-electron chi connectivity index (χ1n) is 8.67. The molecular formula is C18H19FN4O2. The third-order valence-corrected chi connectivity index (χ3v) is 5.81. The maximum atomic E-state index is 13.7. The normalized spacial score (nSPS) is 33.5. The number of hydrogen-bond donors (Lipinski definition) is 1. The fraction of sp³-hybridized carbons (Fsp3) is 0.444. The number of benzene rings is 1. The van der Waals surface area contributed by atoms with Gasteiger partial charge in [-0.25, -0.2) is 14.4 Å². The summed E-state index contributed by atoms with van der Waals surface area (Å²) >= 11 is 0. The first-order chi connectivity index (χ1) is 12.1. The molecule has 1 spiro atoms. The van der Waals surface area contributed by atoms with Crippen LogP contribution in [0, 0.1) is 16.9 Å². The Balaban J connectivity index is 1.36. The lowest BCUT2D eigenvalue weighted by atomic mass is 9.75. The van der Waals surface area contributed by atoms with Gasteiger partial charge in [0.1, 0.15) is 18.2 Å². The minimum absolute atomic E-state index is 0.160. The van der Waals surface area contributed by atoms with Gasteiger partial charge in [0, 0.05) is 30.3 Å². The monoisotopic (exact) mass is 342 g/mol. The number of aromatic nitrogens is 1. The van der Waals surface area contributed by atoms with E-state index in [1.807, 2.05) is 6.07 Å². The number of pyridine rings is 1. The highest BCUT2D eigenvalue weighted by atomic mass is 19.1. The van der Waals surface area contributed by atoms with Crippen molar-refractivity contribution in [3.8, 4) is 0 Å². The molecule has 5 heterocycles. The minimum atomic E-state index is -0.469. The van der Waals surface area contributed by atoms with E-state index in [2.05, 4.69) is 15.3 Å². The van der Waals surface area contributed by atoms with Crippen molar-refractivity contribution in [2.24, 2.45) is 10.9 Å². The maximum Gasteiger partial charge on any atom is 0.291 e. The Morgan fingerprint density at radius 3 is 2.96 bits per heavy atom. The third-order valence-electron chi connectivity index (χ3n) is 5.81. The zero-order valence-corrected chi connectivity index (χ0v) is 13.7. The van der Waals surface area contributed by atoms with Crippen LogP contribution >= 0.6 is 0 Å². The Hall–Kier alpha value is -2.25. The van der Waals surface area contributed by atoms with E-state index < -0.39 is 5.60 Å². The summed E-state index contributed by atoms with van der Waals surface area (Å²) in [4.78, 5) is 8.72. The van der Waals surface area contributed by atoms with Crippen LogP contribution in [0.5, 0.6) is 0 Å². The number of nitrogens with one attached hydrogen (secondary N) is 1. The molecule has 3 fully saturated rings. The first kappa shape index (κ1) is 15.0. The number of rotatable bonds is 1. The molecule has 25 heavy (non-hydrogen) atoms. The Morgan fingerprint density at radius 1 is 1.32 bits per heavy atom. The topological polar surface area (TPSA) is 69.6 Å². The molecular weight excluding hydrogens is 323 g/mol. The number of quaternary nitrogens is 1. The summed E-state index contributed by atoms with van der Waals surface area (Å²) in [5, 5.41) is 17.0. The lowest BCUT2D eigenvalue weighted by molar-refractivity contribution is -0.905. The van der Waals surface area contributed by atoms with Crippen molar-refractivity contribution in [2.75, 3.05) is 31.5 Å². The second kappa shape index (κ2) is 5.12. The molecule has 6 rings (SSSR count).